The second kappa shape index (κ2) is 5.31. The zero-order valence-corrected chi connectivity index (χ0v) is 7.12. The number of rotatable bonds is 4. The summed E-state index contributed by atoms with van der Waals surface area (Å²) in [6, 6.07) is -0.741. The molecular weight excluding hydrogens is 197 g/mol. The van der Waals surface area contributed by atoms with E-state index in [2.05, 4.69) is 4.82 Å². The van der Waals surface area contributed by atoms with Gasteiger partial charge in [0, 0.05) is 0 Å². The van der Waals surface area contributed by atoms with Crippen molar-refractivity contribution in [3.8, 4) is 11.2 Å². The zero-order chi connectivity index (χ0) is 7.98. The van der Waals surface area contributed by atoms with E-state index in [9.17, 15) is 4.79 Å². The molecule has 0 fully saturated rings. The number of hydrogen-bond acceptors (Lipinski definition) is 2. The first-order valence-corrected chi connectivity index (χ1v) is 4.81. The molecular formula is C6H9NO2Se. The molecule has 3 N–H and O–H groups in total. The Labute approximate surface area is 66.1 Å². The second-order valence-corrected chi connectivity index (χ2v) is 3.66. The molecule has 0 aromatic heterocycles. The van der Waals surface area contributed by atoms with E-state index in [1.807, 2.05) is 0 Å². The Balaban J connectivity index is 3.32. The maximum absolute atomic E-state index is 10.1. The molecule has 0 bridgehead atoms. The van der Waals surface area contributed by atoms with Gasteiger partial charge in [0.2, 0.25) is 0 Å². The summed E-state index contributed by atoms with van der Waals surface area (Å²) in [6.45, 7) is 0. The van der Waals surface area contributed by atoms with Crippen LogP contribution in [0.5, 0.6) is 0 Å². The van der Waals surface area contributed by atoms with Gasteiger partial charge in [-0.25, -0.2) is 0 Å². The van der Waals surface area contributed by atoms with Crippen molar-refractivity contribution in [2.75, 3.05) is 0 Å². The van der Waals surface area contributed by atoms with Gasteiger partial charge in [0.1, 0.15) is 0 Å². The average molecular weight is 206 g/mol. The Hall–Kier alpha value is -0.491. The standard InChI is InChI=1S/C6H9NO2Se/c1-2-10-4-3-5(7)6(8)9/h1,5H,3-4,7H2,(H,8,9). The average Bonchev–Trinajstić information content (AvgIpc) is 1.88. The molecule has 0 aromatic rings. The number of carbonyl (C=O) groups is 1. The number of aliphatic carboxylic acids is 1. The molecule has 0 rings (SSSR count). The molecule has 0 aliphatic heterocycles. The fourth-order valence-electron chi connectivity index (χ4n) is 0.368. The Morgan fingerprint density at radius 3 is 2.90 bits per heavy atom. The minimum absolute atomic E-state index is 0.118. The van der Waals surface area contributed by atoms with Crippen molar-refractivity contribution in [2.24, 2.45) is 5.73 Å². The summed E-state index contributed by atoms with van der Waals surface area (Å²) in [7, 11) is 0. The molecule has 0 aliphatic rings. The van der Waals surface area contributed by atoms with Crippen molar-refractivity contribution in [3.05, 3.63) is 0 Å². The van der Waals surface area contributed by atoms with Crippen molar-refractivity contribution in [1.82, 2.24) is 0 Å². The summed E-state index contributed by atoms with van der Waals surface area (Å²) in [5.41, 5.74) is 5.20. The van der Waals surface area contributed by atoms with Crippen molar-refractivity contribution < 1.29 is 9.90 Å². The van der Waals surface area contributed by atoms with Crippen LogP contribution in [-0.4, -0.2) is 32.1 Å². The van der Waals surface area contributed by atoms with Crippen LogP contribution in [0, 0.1) is 11.2 Å². The molecule has 1 atom stereocenters. The molecule has 0 aromatic carbocycles. The predicted molar refractivity (Wildman–Crippen MR) is 39.6 cm³/mol. The Bertz CT molecular complexity index is 152. The molecule has 0 saturated heterocycles. The van der Waals surface area contributed by atoms with Gasteiger partial charge in [-0.3, -0.25) is 0 Å². The van der Waals surface area contributed by atoms with E-state index < -0.39 is 12.0 Å². The Kier molecular flexibility index (Phi) is 5.05. The Morgan fingerprint density at radius 2 is 2.50 bits per heavy atom. The number of terminal acetylenes is 1. The molecule has 0 spiro atoms. The van der Waals surface area contributed by atoms with Gasteiger partial charge in [0.05, 0.1) is 0 Å². The van der Waals surface area contributed by atoms with E-state index in [1.165, 1.54) is 0 Å². The van der Waals surface area contributed by atoms with Crippen molar-refractivity contribution in [1.29, 1.82) is 0 Å². The zero-order valence-electron chi connectivity index (χ0n) is 5.41. The minimum atomic E-state index is -0.951. The van der Waals surface area contributed by atoms with Crippen molar-refractivity contribution >= 4 is 20.9 Å². The topological polar surface area (TPSA) is 63.3 Å². The van der Waals surface area contributed by atoms with Gasteiger partial charge in [-0.15, -0.1) is 0 Å². The quantitative estimate of drug-likeness (QED) is 0.370. The summed E-state index contributed by atoms with van der Waals surface area (Å²) in [5, 5.41) is 9.06. The SMILES string of the molecule is C#C[Se]CCC(N)C(=O)O. The normalized spacial score (nSPS) is 12.0. The van der Waals surface area contributed by atoms with Gasteiger partial charge in [-0.1, -0.05) is 0 Å². The first kappa shape index (κ1) is 9.51. The number of carboxylic acid groups (broad SMARTS) is 1. The molecule has 4 heteroatoms. The fourth-order valence-corrected chi connectivity index (χ4v) is 1.40. The summed E-state index contributed by atoms with van der Waals surface area (Å²) in [5.74, 6) is -0.951. The summed E-state index contributed by atoms with van der Waals surface area (Å²) in [4.78, 5) is 12.6. The van der Waals surface area contributed by atoms with Crippen LogP contribution < -0.4 is 5.73 Å². The van der Waals surface area contributed by atoms with Crippen LogP contribution in [0.2, 0.25) is 5.32 Å². The maximum atomic E-state index is 10.1. The number of carboxylic acids is 1. The van der Waals surface area contributed by atoms with Gasteiger partial charge in [-0.2, -0.15) is 0 Å². The Morgan fingerprint density at radius 1 is 1.90 bits per heavy atom. The molecule has 0 aliphatic carbocycles. The second-order valence-electron chi connectivity index (χ2n) is 1.70. The number of hydrogen-bond donors (Lipinski definition) is 2. The van der Waals surface area contributed by atoms with Crippen LogP contribution in [-0.2, 0) is 4.79 Å². The van der Waals surface area contributed by atoms with Crippen molar-refractivity contribution in [2.45, 2.75) is 17.8 Å². The molecule has 0 saturated carbocycles. The van der Waals surface area contributed by atoms with E-state index in [1.54, 1.807) is 0 Å². The van der Waals surface area contributed by atoms with E-state index in [4.69, 9.17) is 17.3 Å². The van der Waals surface area contributed by atoms with Gasteiger partial charge in [0.15, 0.2) is 0 Å². The van der Waals surface area contributed by atoms with Crippen molar-refractivity contribution in [3.63, 3.8) is 0 Å². The molecule has 0 heterocycles. The molecule has 0 radical (unpaired) electrons. The molecule has 10 heavy (non-hydrogen) atoms. The predicted octanol–water partition coefficient (Wildman–Crippen LogP) is -0.498. The molecule has 56 valence electrons. The van der Waals surface area contributed by atoms with Gasteiger partial charge < -0.3 is 0 Å². The first-order valence-electron chi connectivity index (χ1n) is 2.74. The van der Waals surface area contributed by atoms with E-state index >= 15 is 0 Å². The fraction of sp³-hybridized carbons (Fsp3) is 0.500. The third-order valence-electron chi connectivity index (χ3n) is 0.931. The summed E-state index contributed by atoms with van der Waals surface area (Å²) >= 11 is 0.118. The van der Waals surface area contributed by atoms with Crippen LogP contribution in [0.15, 0.2) is 0 Å². The van der Waals surface area contributed by atoms with E-state index in [0.717, 1.165) is 5.32 Å². The summed E-state index contributed by atoms with van der Waals surface area (Å²) < 4.78 is 0. The van der Waals surface area contributed by atoms with Gasteiger partial charge in [0.25, 0.3) is 0 Å². The van der Waals surface area contributed by atoms with Crippen LogP contribution in [0.4, 0.5) is 0 Å². The first-order chi connectivity index (χ1) is 4.68. The van der Waals surface area contributed by atoms with E-state index in [-0.39, 0.29) is 15.0 Å². The third kappa shape index (κ3) is 4.39. The van der Waals surface area contributed by atoms with Crippen LogP contribution in [0.3, 0.4) is 0 Å². The molecule has 0 amide bonds. The third-order valence-corrected chi connectivity index (χ3v) is 2.20. The van der Waals surface area contributed by atoms with Crippen LogP contribution in [0.25, 0.3) is 0 Å². The summed E-state index contributed by atoms with van der Waals surface area (Å²) in [6.07, 6.45) is 5.47. The number of nitrogens with two attached hydrogens (primary N) is 1. The monoisotopic (exact) mass is 207 g/mol. The molecule has 1 unspecified atom stereocenters. The molecule has 3 nitrogen and oxygen atoms in total. The van der Waals surface area contributed by atoms with Crippen LogP contribution >= 0.6 is 0 Å². The van der Waals surface area contributed by atoms with Crippen LogP contribution in [0.1, 0.15) is 6.42 Å². The van der Waals surface area contributed by atoms with Gasteiger partial charge in [-0.05, 0) is 0 Å². The van der Waals surface area contributed by atoms with E-state index in [0.29, 0.717) is 6.42 Å². The van der Waals surface area contributed by atoms with Gasteiger partial charge >= 0.3 is 65.6 Å².